The Balaban J connectivity index is 1.96. The molecule has 1 saturated heterocycles. The van der Waals surface area contributed by atoms with Gasteiger partial charge in [0.15, 0.2) is 5.17 Å². The second-order valence-corrected chi connectivity index (χ2v) is 5.46. The molecule has 0 aliphatic carbocycles. The van der Waals surface area contributed by atoms with Crippen molar-refractivity contribution in [1.29, 1.82) is 0 Å². The Morgan fingerprint density at radius 1 is 1.53 bits per heavy atom. The number of carbonyl (C=O) groups excluding carboxylic acids is 2. The number of anilines is 1. The third-order valence-electron chi connectivity index (χ3n) is 2.50. The third kappa shape index (κ3) is 3.48. The Kier molecular flexibility index (Phi) is 4.44. The Labute approximate surface area is 119 Å². The van der Waals surface area contributed by atoms with Gasteiger partial charge in [-0.1, -0.05) is 35.5 Å². The quantitative estimate of drug-likeness (QED) is 0.895. The van der Waals surface area contributed by atoms with E-state index in [-0.39, 0.29) is 18.2 Å². The molecule has 1 aliphatic heterocycles. The molecule has 5 nitrogen and oxygen atoms in total. The number of carbonyl (C=O) groups is 2. The molecule has 0 aromatic heterocycles. The molecule has 2 rings (SSSR count). The molecule has 1 atom stereocenters. The van der Waals surface area contributed by atoms with Crippen LogP contribution in [0.15, 0.2) is 29.3 Å². The van der Waals surface area contributed by atoms with Crippen molar-refractivity contribution in [2.24, 2.45) is 4.99 Å². The number of amidine groups is 1. The Morgan fingerprint density at radius 3 is 2.89 bits per heavy atom. The molecule has 0 unspecified atom stereocenters. The van der Waals surface area contributed by atoms with Crippen LogP contribution in [0, 0.1) is 0 Å². The number of aliphatic imine (C=N–C) groups is 1. The number of thioether (sulfide) groups is 1. The van der Waals surface area contributed by atoms with Crippen LogP contribution in [0.3, 0.4) is 0 Å². The fraction of sp³-hybridized carbons (Fsp3) is 0.250. The van der Waals surface area contributed by atoms with Crippen LogP contribution in [-0.2, 0) is 9.59 Å². The van der Waals surface area contributed by atoms with Crippen LogP contribution in [-0.4, -0.2) is 29.3 Å². The van der Waals surface area contributed by atoms with Crippen molar-refractivity contribution in [2.45, 2.75) is 11.7 Å². The molecule has 0 bridgehead atoms. The molecule has 0 spiro atoms. The van der Waals surface area contributed by atoms with Crippen LogP contribution in [0.1, 0.15) is 6.42 Å². The number of hydrogen-bond acceptors (Lipinski definition) is 4. The van der Waals surface area contributed by atoms with Gasteiger partial charge in [0, 0.05) is 13.5 Å². The van der Waals surface area contributed by atoms with Crippen molar-refractivity contribution in [1.82, 2.24) is 5.32 Å². The maximum atomic E-state index is 11.9. The molecule has 1 fully saturated rings. The molecule has 1 aromatic rings. The van der Waals surface area contributed by atoms with Gasteiger partial charge < -0.3 is 10.6 Å². The predicted octanol–water partition coefficient (Wildman–Crippen LogP) is 1.89. The smallest absolute Gasteiger partial charge is 0.240 e. The van der Waals surface area contributed by atoms with E-state index in [2.05, 4.69) is 15.6 Å². The molecule has 1 aliphatic rings. The summed E-state index contributed by atoms with van der Waals surface area (Å²) in [5.41, 5.74) is 0.543. The van der Waals surface area contributed by atoms with Crippen LogP contribution >= 0.6 is 23.4 Å². The van der Waals surface area contributed by atoms with Gasteiger partial charge in [0.25, 0.3) is 0 Å². The van der Waals surface area contributed by atoms with Gasteiger partial charge in [0.2, 0.25) is 11.8 Å². The monoisotopic (exact) mass is 297 g/mol. The standard InChI is InChI=1S/C12H12ClN3O2S/c1-14-12-16-11(18)9(19-12)6-10(17)15-8-5-3-2-4-7(8)13/h2-5,9H,6H2,1H3,(H,15,17)(H,14,16,18)/t9-/m1/s1. The molecular formula is C12H12ClN3O2S. The summed E-state index contributed by atoms with van der Waals surface area (Å²) < 4.78 is 0. The number of halogens is 1. The number of hydrogen-bond donors (Lipinski definition) is 2. The number of para-hydroxylation sites is 1. The molecule has 1 heterocycles. The van der Waals surface area contributed by atoms with E-state index >= 15 is 0 Å². The van der Waals surface area contributed by atoms with Gasteiger partial charge in [-0.05, 0) is 12.1 Å². The highest BCUT2D eigenvalue weighted by molar-refractivity contribution is 8.15. The normalized spacial score (nSPS) is 20.4. The van der Waals surface area contributed by atoms with Crippen LogP contribution in [0.4, 0.5) is 5.69 Å². The maximum Gasteiger partial charge on any atom is 0.240 e. The predicted molar refractivity (Wildman–Crippen MR) is 77.6 cm³/mol. The molecule has 0 saturated carbocycles. The summed E-state index contributed by atoms with van der Waals surface area (Å²) in [6, 6.07) is 6.96. The van der Waals surface area contributed by atoms with E-state index in [9.17, 15) is 9.59 Å². The lowest BCUT2D eigenvalue weighted by Gasteiger charge is -2.08. The largest absolute Gasteiger partial charge is 0.325 e. The minimum absolute atomic E-state index is 0.0841. The second kappa shape index (κ2) is 6.08. The summed E-state index contributed by atoms with van der Waals surface area (Å²) in [6.45, 7) is 0. The summed E-state index contributed by atoms with van der Waals surface area (Å²) in [5, 5.41) is 5.86. The first-order valence-corrected chi connectivity index (χ1v) is 6.84. The van der Waals surface area contributed by atoms with Gasteiger partial charge in [0.05, 0.1) is 10.7 Å². The van der Waals surface area contributed by atoms with Crippen LogP contribution < -0.4 is 10.6 Å². The Hall–Kier alpha value is -1.53. The van der Waals surface area contributed by atoms with Crippen LogP contribution in [0.2, 0.25) is 5.02 Å². The first kappa shape index (κ1) is 13.9. The molecule has 1 aromatic carbocycles. The van der Waals surface area contributed by atoms with E-state index in [1.807, 2.05) is 0 Å². The highest BCUT2D eigenvalue weighted by atomic mass is 35.5. The number of benzene rings is 1. The first-order chi connectivity index (χ1) is 9.10. The van der Waals surface area contributed by atoms with Crippen molar-refractivity contribution in [3.8, 4) is 0 Å². The van der Waals surface area contributed by atoms with E-state index < -0.39 is 5.25 Å². The van der Waals surface area contributed by atoms with E-state index in [1.165, 1.54) is 11.8 Å². The van der Waals surface area contributed by atoms with Crippen molar-refractivity contribution >= 4 is 46.0 Å². The summed E-state index contributed by atoms with van der Waals surface area (Å²) in [6.07, 6.45) is 0.0841. The third-order valence-corrected chi connectivity index (χ3v) is 4.00. The van der Waals surface area contributed by atoms with Gasteiger partial charge >= 0.3 is 0 Å². The van der Waals surface area contributed by atoms with E-state index in [4.69, 9.17) is 11.6 Å². The lowest BCUT2D eigenvalue weighted by Crippen LogP contribution is -2.28. The summed E-state index contributed by atoms with van der Waals surface area (Å²) in [4.78, 5) is 27.3. The van der Waals surface area contributed by atoms with Gasteiger partial charge in [-0.15, -0.1) is 0 Å². The fourth-order valence-corrected chi connectivity index (χ4v) is 2.70. The molecule has 7 heteroatoms. The first-order valence-electron chi connectivity index (χ1n) is 5.59. The average Bonchev–Trinajstić information content (AvgIpc) is 2.73. The number of rotatable bonds is 3. The SMILES string of the molecule is CN=C1NC(=O)[C@@H](CC(=O)Nc2ccccc2Cl)S1. The highest BCUT2D eigenvalue weighted by Gasteiger charge is 2.31. The minimum Gasteiger partial charge on any atom is -0.325 e. The van der Waals surface area contributed by atoms with Crippen molar-refractivity contribution < 1.29 is 9.59 Å². The van der Waals surface area contributed by atoms with Crippen LogP contribution in [0.5, 0.6) is 0 Å². The molecule has 2 amide bonds. The topological polar surface area (TPSA) is 70.6 Å². The lowest BCUT2D eigenvalue weighted by atomic mass is 10.2. The number of nitrogens with one attached hydrogen (secondary N) is 2. The molecule has 100 valence electrons. The molecule has 2 N–H and O–H groups in total. The van der Waals surface area contributed by atoms with Gasteiger partial charge in [-0.2, -0.15) is 0 Å². The summed E-state index contributed by atoms with van der Waals surface area (Å²) >= 11 is 7.20. The summed E-state index contributed by atoms with van der Waals surface area (Å²) in [5.74, 6) is -0.446. The van der Waals surface area contributed by atoms with Crippen LogP contribution in [0.25, 0.3) is 0 Å². The fourth-order valence-electron chi connectivity index (χ4n) is 1.58. The van der Waals surface area contributed by atoms with Gasteiger partial charge in [-0.3, -0.25) is 14.6 Å². The highest BCUT2D eigenvalue weighted by Crippen LogP contribution is 2.24. The number of nitrogens with zero attached hydrogens (tertiary/aromatic N) is 1. The zero-order chi connectivity index (χ0) is 13.8. The van der Waals surface area contributed by atoms with E-state index in [0.29, 0.717) is 15.9 Å². The molecule has 19 heavy (non-hydrogen) atoms. The van der Waals surface area contributed by atoms with Gasteiger partial charge in [0.1, 0.15) is 5.25 Å². The molecule has 0 radical (unpaired) electrons. The zero-order valence-electron chi connectivity index (χ0n) is 10.1. The lowest BCUT2D eigenvalue weighted by molar-refractivity contribution is -0.122. The van der Waals surface area contributed by atoms with Gasteiger partial charge in [-0.25, -0.2) is 0 Å². The maximum absolute atomic E-state index is 11.9. The Morgan fingerprint density at radius 2 is 2.26 bits per heavy atom. The average molecular weight is 298 g/mol. The summed E-state index contributed by atoms with van der Waals surface area (Å²) in [7, 11) is 1.59. The van der Waals surface area contributed by atoms with Crippen molar-refractivity contribution in [3.05, 3.63) is 29.3 Å². The molecular weight excluding hydrogens is 286 g/mol. The van der Waals surface area contributed by atoms with Crippen molar-refractivity contribution in [2.75, 3.05) is 12.4 Å². The van der Waals surface area contributed by atoms with E-state index in [1.54, 1.807) is 31.3 Å². The minimum atomic E-state index is -0.443. The second-order valence-electron chi connectivity index (χ2n) is 3.86. The van der Waals surface area contributed by atoms with E-state index in [0.717, 1.165) is 0 Å². The number of amides is 2. The zero-order valence-corrected chi connectivity index (χ0v) is 11.7. The van der Waals surface area contributed by atoms with Crippen molar-refractivity contribution in [3.63, 3.8) is 0 Å². The Bertz CT molecular complexity index is 548.